The van der Waals surface area contributed by atoms with E-state index >= 15 is 0 Å². The van der Waals surface area contributed by atoms with Crippen LogP contribution < -0.4 is 5.73 Å². The maximum absolute atomic E-state index is 11.4. The average molecular weight is 307 g/mol. The van der Waals surface area contributed by atoms with Crippen LogP contribution >= 0.6 is 11.8 Å². The van der Waals surface area contributed by atoms with Gasteiger partial charge in [0.05, 0.1) is 4.90 Å². The van der Waals surface area contributed by atoms with Crippen molar-refractivity contribution in [1.29, 1.82) is 0 Å². The third-order valence-electron chi connectivity index (χ3n) is 2.89. The molecule has 0 aliphatic carbocycles. The molecule has 0 spiro atoms. The summed E-state index contributed by atoms with van der Waals surface area (Å²) in [6.45, 7) is 1.95. The zero-order chi connectivity index (χ0) is 14.8. The molecule has 1 atom stereocenters. The van der Waals surface area contributed by atoms with Crippen molar-refractivity contribution in [3.05, 3.63) is 54.1 Å². The molecule has 5 heteroatoms. The maximum Gasteiger partial charge on any atom is 0.175 e. The summed E-state index contributed by atoms with van der Waals surface area (Å²) in [7, 11) is -3.13. The summed E-state index contributed by atoms with van der Waals surface area (Å²) in [5.74, 6) is 0. The summed E-state index contributed by atoms with van der Waals surface area (Å²) < 4.78 is 22.8. The molecule has 2 aromatic carbocycles. The zero-order valence-corrected chi connectivity index (χ0v) is 13.0. The van der Waals surface area contributed by atoms with E-state index in [-0.39, 0.29) is 6.04 Å². The monoisotopic (exact) mass is 307 g/mol. The van der Waals surface area contributed by atoms with Crippen LogP contribution in [0.4, 0.5) is 0 Å². The summed E-state index contributed by atoms with van der Waals surface area (Å²) in [5, 5.41) is 0. The topological polar surface area (TPSA) is 60.2 Å². The Morgan fingerprint density at radius 1 is 0.950 bits per heavy atom. The van der Waals surface area contributed by atoms with Crippen molar-refractivity contribution in [3.63, 3.8) is 0 Å². The van der Waals surface area contributed by atoms with E-state index in [2.05, 4.69) is 0 Å². The Morgan fingerprint density at radius 2 is 1.40 bits per heavy atom. The minimum Gasteiger partial charge on any atom is -0.324 e. The molecule has 0 saturated heterocycles. The molecule has 1 unspecified atom stereocenters. The van der Waals surface area contributed by atoms with Crippen LogP contribution in [0.2, 0.25) is 0 Å². The fourth-order valence-electron chi connectivity index (χ4n) is 1.73. The quantitative estimate of drug-likeness (QED) is 0.942. The van der Waals surface area contributed by atoms with Gasteiger partial charge in [-0.3, -0.25) is 0 Å². The predicted octanol–water partition coefficient (Wildman–Crippen LogP) is 3.26. The zero-order valence-electron chi connectivity index (χ0n) is 11.4. The first-order valence-electron chi connectivity index (χ1n) is 6.20. The molecule has 106 valence electrons. The summed E-state index contributed by atoms with van der Waals surface area (Å²) in [6, 6.07) is 15.0. The molecule has 0 radical (unpaired) electrons. The Labute approximate surface area is 124 Å². The Balaban J connectivity index is 2.14. The molecule has 2 rings (SSSR count). The third-order valence-corrected chi connectivity index (χ3v) is 5.04. The molecule has 2 N–H and O–H groups in total. The van der Waals surface area contributed by atoms with Crippen molar-refractivity contribution in [2.45, 2.75) is 27.7 Å². The predicted molar refractivity (Wildman–Crippen MR) is 82.7 cm³/mol. The molecule has 20 heavy (non-hydrogen) atoms. The number of rotatable bonds is 4. The van der Waals surface area contributed by atoms with Gasteiger partial charge in [0.2, 0.25) is 0 Å². The molecular weight excluding hydrogens is 290 g/mol. The molecule has 2 aromatic rings. The highest BCUT2D eigenvalue weighted by molar-refractivity contribution is 7.99. The lowest BCUT2D eigenvalue weighted by molar-refractivity contribution is 0.602. The molecular formula is C15H17NO2S2. The van der Waals surface area contributed by atoms with E-state index in [0.29, 0.717) is 4.90 Å². The van der Waals surface area contributed by atoms with Crippen LogP contribution in [0.15, 0.2) is 63.2 Å². The summed E-state index contributed by atoms with van der Waals surface area (Å²) in [6.07, 6.45) is 1.21. The molecule has 0 aliphatic heterocycles. The van der Waals surface area contributed by atoms with Crippen LogP contribution in [0.1, 0.15) is 18.5 Å². The van der Waals surface area contributed by atoms with Gasteiger partial charge < -0.3 is 5.73 Å². The van der Waals surface area contributed by atoms with Gasteiger partial charge in [0.25, 0.3) is 0 Å². The minimum absolute atomic E-state index is 0.0306. The van der Waals surface area contributed by atoms with Crippen LogP contribution in [-0.2, 0) is 9.84 Å². The van der Waals surface area contributed by atoms with Gasteiger partial charge in [-0.2, -0.15) is 0 Å². The number of nitrogens with two attached hydrogens (primary N) is 1. The van der Waals surface area contributed by atoms with Gasteiger partial charge >= 0.3 is 0 Å². The first-order valence-corrected chi connectivity index (χ1v) is 8.90. The van der Waals surface area contributed by atoms with Gasteiger partial charge in [-0.1, -0.05) is 23.9 Å². The second kappa shape index (κ2) is 5.99. The largest absolute Gasteiger partial charge is 0.324 e. The highest BCUT2D eigenvalue weighted by Crippen LogP contribution is 2.29. The van der Waals surface area contributed by atoms with E-state index in [9.17, 15) is 8.42 Å². The van der Waals surface area contributed by atoms with E-state index in [1.807, 2.05) is 43.3 Å². The van der Waals surface area contributed by atoms with Gasteiger partial charge in [-0.15, -0.1) is 0 Å². The van der Waals surface area contributed by atoms with Crippen LogP contribution in [0.25, 0.3) is 0 Å². The van der Waals surface area contributed by atoms with Crippen molar-refractivity contribution in [2.24, 2.45) is 5.73 Å². The summed E-state index contributed by atoms with van der Waals surface area (Å²) in [5.41, 5.74) is 6.91. The summed E-state index contributed by atoms with van der Waals surface area (Å²) in [4.78, 5) is 2.45. The molecule has 0 heterocycles. The standard InChI is InChI=1S/C15H17NO2S2/c1-11(16)12-3-5-13(6-4-12)19-14-7-9-15(10-8-14)20(2,17)18/h3-11H,16H2,1-2H3. The van der Waals surface area contributed by atoms with Crippen molar-refractivity contribution < 1.29 is 8.42 Å². The highest BCUT2D eigenvalue weighted by atomic mass is 32.2. The van der Waals surface area contributed by atoms with E-state index in [1.54, 1.807) is 23.9 Å². The third kappa shape index (κ3) is 3.85. The maximum atomic E-state index is 11.4. The van der Waals surface area contributed by atoms with Crippen LogP contribution in [0.3, 0.4) is 0 Å². The number of hydrogen-bond donors (Lipinski definition) is 1. The number of benzene rings is 2. The van der Waals surface area contributed by atoms with Crippen LogP contribution in [0, 0.1) is 0 Å². The van der Waals surface area contributed by atoms with Crippen LogP contribution in [0.5, 0.6) is 0 Å². The summed E-state index contributed by atoms with van der Waals surface area (Å²) >= 11 is 1.59. The fourth-order valence-corrected chi connectivity index (χ4v) is 3.18. The van der Waals surface area contributed by atoms with Gasteiger partial charge in [-0.05, 0) is 48.9 Å². The van der Waals surface area contributed by atoms with E-state index in [0.717, 1.165) is 15.4 Å². The normalized spacial score (nSPS) is 13.2. The van der Waals surface area contributed by atoms with E-state index in [1.165, 1.54) is 6.26 Å². The Kier molecular flexibility index (Phi) is 4.52. The lowest BCUT2D eigenvalue weighted by Crippen LogP contribution is -2.04. The number of hydrogen-bond acceptors (Lipinski definition) is 4. The first-order chi connectivity index (χ1) is 9.36. The Hall–Kier alpha value is -1.30. The first kappa shape index (κ1) is 15.1. The molecule has 0 saturated carbocycles. The minimum atomic E-state index is -3.13. The second-order valence-corrected chi connectivity index (χ2v) is 7.87. The average Bonchev–Trinajstić information content (AvgIpc) is 2.39. The SMILES string of the molecule is CC(N)c1ccc(Sc2ccc(S(C)(=O)=O)cc2)cc1. The smallest absolute Gasteiger partial charge is 0.175 e. The van der Waals surface area contributed by atoms with Crippen molar-refractivity contribution in [1.82, 2.24) is 0 Å². The van der Waals surface area contributed by atoms with Gasteiger partial charge in [0.15, 0.2) is 9.84 Å². The van der Waals surface area contributed by atoms with Gasteiger partial charge in [0.1, 0.15) is 0 Å². The molecule has 0 bridgehead atoms. The van der Waals surface area contributed by atoms with Crippen molar-refractivity contribution in [3.8, 4) is 0 Å². The molecule has 0 aromatic heterocycles. The van der Waals surface area contributed by atoms with Gasteiger partial charge in [-0.25, -0.2) is 8.42 Å². The lowest BCUT2D eigenvalue weighted by atomic mass is 10.1. The van der Waals surface area contributed by atoms with Crippen LogP contribution in [-0.4, -0.2) is 14.7 Å². The van der Waals surface area contributed by atoms with Crippen molar-refractivity contribution in [2.75, 3.05) is 6.26 Å². The fraction of sp³-hybridized carbons (Fsp3) is 0.200. The van der Waals surface area contributed by atoms with E-state index in [4.69, 9.17) is 5.73 Å². The van der Waals surface area contributed by atoms with Crippen molar-refractivity contribution >= 4 is 21.6 Å². The molecule has 0 aliphatic rings. The highest BCUT2D eigenvalue weighted by Gasteiger charge is 2.07. The Bertz CT molecular complexity index is 675. The molecule has 3 nitrogen and oxygen atoms in total. The molecule has 0 fully saturated rings. The lowest BCUT2D eigenvalue weighted by Gasteiger charge is -2.07. The molecule has 0 amide bonds. The Morgan fingerprint density at radius 3 is 1.80 bits per heavy atom. The van der Waals surface area contributed by atoms with Gasteiger partial charge in [0, 0.05) is 22.1 Å². The number of sulfone groups is 1. The van der Waals surface area contributed by atoms with E-state index < -0.39 is 9.84 Å². The second-order valence-electron chi connectivity index (χ2n) is 4.70.